The molecule has 0 bridgehead atoms. The Kier molecular flexibility index (Phi) is 4.48. The molecule has 15 heavy (non-hydrogen) atoms. The predicted molar refractivity (Wildman–Crippen MR) is 68.1 cm³/mol. The minimum Gasteiger partial charge on any atom is -0.261 e. The second-order valence-electron chi connectivity index (χ2n) is 3.63. The molecular formula is C11H16ClN2S+. The number of hydrogen-bond donors (Lipinski definition) is 0. The lowest BCUT2D eigenvalue weighted by molar-refractivity contribution is -0.466. The highest BCUT2D eigenvalue weighted by Gasteiger charge is 2.13. The molecule has 0 heterocycles. The van der Waals surface area contributed by atoms with Gasteiger partial charge in [0.15, 0.2) is 0 Å². The van der Waals surface area contributed by atoms with Crippen molar-refractivity contribution in [3.8, 4) is 0 Å². The second kappa shape index (κ2) is 5.42. The van der Waals surface area contributed by atoms with Crippen LogP contribution in [0.1, 0.15) is 0 Å². The third kappa shape index (κ3) is 3.76. The number of amidine groups is 1. The zero-order valence-corrected chi connectivity index (χ0v) is 11.1. The van der Waals surface area contributed by atoms with E-state index in [-0.39, 0.29) is 0 Å². The van der Waals surface area contributed by atoms with E-state index >= 15 is 0 Å². The standard InChI is InChI=1S/C11H16ClN2S/c1-13(2)11(14(3)4)15-10-7-5-9(12)6-8-10/h5-8H,1-4H3/q+1. The van der Waals surface area contributed by atoms with Crippen LogP contribution in [0.5, 0.6) is 0 Å². The number of hydrogen-bond acceptors (Lipinski definition) is 1. The Labute approximate surface area is 101 Å². The van der Waals surface area contributed by atoms with E-state index in [0.29, 0.717) is 0 Å². The zero-order chi connectivity index (χ0) is 11.4. The molecule has 0 aliphatic heterocycles. The van der Waals surface area contributed by atoms with E-state index in [0.717, 1.165) is 5.02 Å². The highest BCUT2D eigenvalue weighted by Crippen LogP contribution is 2.22. The summed E-state index contributed by atoms with van der Waals surface area (Å²) in [4.78, 5) is 3.29. The van der Waals surface area contributed by atoms with Gasteiger partial charge in [-0.1, -0.05) is 11.6 Å². The summed E-state index contributed by atoms with van der Waals surface area (Å²) in [5, 5.41) is 1.97. The first-order valence-electron chi connectivity index (χ1n) is 4.65. The van der Waals surface area contributed by atoms with Gasteiger partial charge in [-0.2, -0.15) is 0 Å². The first kappa shape index (κ1) is 12.4. The number of nitrogens with zero attached hydrogens (tertiary/aromatic N) is 2. The molecule has 0 unspecified atom stereocenters. The molecule has 0 N–H and O–H groups in total. The van der Waals surface area contributed by atoms with Crippen LogP contribution in [-0.4, -0.2) is 42.8 Å². The first-order valence-corrected chi connectivity index (χ1v) is 5.85. The highest BCUT2D eigenvalue weighted by molar-refractivity contribution is 8.13. The number of rotatable bonds is 1. The average molecular weight is 244 g/mol. The molecule has 1 aromatic carbocycles. The Morgan fingerprint density at radius 1 is 1.20 bits per heavy atom. The van der Waals surface area contributed by atoms with E-state index in [1.54, 1.807) is 11.8 Å². The molecule has 0 aromatic heterocycles. The van der Waals surface area contributed by atoms with E-state index in [1.807, 2.05) is 52.5 Å². The topological polar surface area (TPSA) is 6.25 Å². The first-order chi connectivity index (χ1) is 7.00. The number of halogens is 1. The van der Waals surface area contributed by atoms with Crippen LogP contribution in [0.4, 0.5) is 0 Å². The van der Waals surface area contributed by atoms with Gasteiger partial charge in [0.2, 0.25) is 0 Å². The summed E-state index contributed by atoms with van der Waals surface area (Å²) in [6.07, 6.45) is 0. The molecule has 4 heteroatoms. The summed E-state index contributed by atoms with van der Waals surface area (Å²) in [7, 11) is 8.16. The summed E-state index contributed by atoms with van der Waals surface area (Å²) in [6.45, 7) is 0. The SMILES string of the molecule is CN(C)C(Sc1ccc(Cl)cc1)=[N+](C)C. The van der Waals surface area contributed by atoms with E-state index < -0.39 is 0 Å². The third-order valence-electron chi connectivity index (χ3n) is 1.79. The van der Waals surface area contributed by atoms with Crippen LogP contribution in [-0.2, 0) is 0 Å². The van der Waals surface area contributed by atoms with Gasteiger partial charge in [-0.05, 0) is 36.0 Å². The molecule has 1 rings (SSSR count). The number of thioether (sulfide) groups is 1. The van der Waals surface area contributed by atoms with Gasteiger partial charge in [-0.15, -0.1) is 0 Å². The van der Waals surface area contributed by atoms with Gasteiger partial charge in [0.25, 0.3) is 0 Å². The summed E-state index contributed by atoms with van der Waals surface area (Å²) in [5.74, 6) is 0. The Hall–Kier alpha value is -0.670. The van der Waals surface area contributed by atoms with Crippen LogP contribution in [0.2, 0.25) is 5.02 Å². The van der Waals surface area contributed by atoms with Gasteiger partial charge in [0.1, 0.15) is 0 Å². The van der Waals surface area contributed by atoms with E-state index in [2.05, 4.69) is 9.48 Å². The Bertz CT molecular complexity index is 353. The van der Waals surface area contributed by atoms with Crippen molar-refractivity contribution >= 4 is 28.5 Å². The maximum Gasteiger partial charge on any atom is 0.312 e. The molecule has 2 nitrogen and oxygen atoms in total. The normalized spacial score (nSPS) is 9.93. The van der Waals surface area contributed by atoms with E-state index in [9.17, 15) is 0 Å². The van der Waals surface area contributed by atoms with Gasteiger partial charge in [0, 0.05) is 9.92 Å². The van der Waals surface area contributed by atoms with E-state index in [1.165, 1.54) is 10.1 Å². The molecule has 0 radical (unpaired) electrons. The van der Waals surface area contributed by atoms with Crippen molar-refractivity contribution in [2.24, 2.45) is 0 Å². The fourth-order valence-electron chi connectivity index (χ4n) is 1.19. The zero-order valence-electron chi connectivity index (χ0n) is 9.49. The Morgan fingerprint density at radius 3 is 2.13 bits per heavy atom. The van der Waals surface area contributed by atoms with Crippen molar-refractivity contribution in [3.63, 3.8) is 0 Å². The molecular weight excluding hydrogens is 228 g/mol. The van der Waals surface area contributed by atoms with Crippen LogP contribution >= 0.6 is 23.4 Å². The largest absolute Gasteiger partial charge is 0.312 e. The van der Waals surface area contributed by atoms with Gasteiger partial charge < -0.3 is 0 Å². The Balaban J connectivity index is 2.85. The minimum absolute atomic E-state index is 0.774. The molecule has 0 amide bonds. The van der Waals surface area contributed by atoms with Gasteiger partial charge >= 0.3 is 5.17 Å². The van der Waals surface area contributed by atoms with Crippen molar-refractivity contribution in [1.82, 2.24) is 4.90 Å². The van der Waals surface area contributed by atoms with Gasteiger partial charge in [-0.3, -0.25) is 9.48 Å². The van der Waals surface area contributed by atoms with Crippen LogP contribution in [0, 0.1) is 0 Å². The predicted octanol–water partition coefficient (Wildman–Crippen LogP) is 2.62. The third-order valence-corrected chi connectivity index (χ3v) is 3.46. The lowest BCUT2D eigenvalue weighted by Crippen LogP contribution is -2.26. The van der Waals surface area contributed by atoms with Crippen molar-refractivity contribution in [2.75, 3.05) is 28.2 Å². The molecule has 0 atom stereocenters. The van der Waals surface area contributed by atoms with Crippen molar-refractivity contribution < 1.29 is 4.58 Å². The second-order valence-corrected chi connectivity index (χ2v) is 5.10. The van der Waals surface area contributed by atoms with Crippen molar-refractivity contribution in [3.05, 3.63) is 29.3 Å². The van der Waals surface area contributed by atoms with Crippen molar-refractivity contribution in [1.29, 1.82) is 0 Å². The summed E-state index contributed by atoms with van der Waals surface area (Å²) >= 11 is 7.56. The van der Waals surface area contributed by atoms with Crippen molar-refractivity contribution in [2.45, 2.75) is 4.90 Å². The summed E-state index contributed by atoms with van der Waals surface area (Å²) in [5.41, 5.74) is 0. The molecule has 0 aliphatic carbocycles. The van der Waals surface area contributed by atoms with E-state index in [4.69, 9.17) is 11.6 Å². The molecule has 0 spiro atoms. The van der Waals surface area contributed by atoms with Crippen LogP contribution in [0.15, 0.2) is 29.2 Å². The fraction of sp³-hybridized carbons (Fsp3) is 0.364. The van der Waals surface area contributed by atoms with Crippen LogP contribution < -0.4 is 0 Å². The summed E-state index contributed by atoms with van der Waals surface area (Å²) < 4.78 is 2.10. The van der Waals surface area contributed by atoms with Crippen LogP contribution in [0.25, 0.3) is 0 Å². The molecule has 0 saturated carbocycles. The molecule has 0 fully saturated rings. The molecule has 0 aliphatic rings. The van der Waals surface area contributed by atoms with Crippen LogP contribution in [0.3, 0.4) is 0 Å². The maximum atomic E-state index is 5.84. The Morgan fingerprint density at radius 2 is 1.73 bits per heavy atom. The lowest BCUT2D eigenvalue weighted by Gasteiger charge is -2.10. The average Bonchev–Trinajstić information content (AvgIpc) is 2.15. The quantitative estimate of drug-likeness (QED) is 0.324. The smallest absolute Gasteiger partial charge is 0.261 e. The van der Waals surface area contributed by atoms with Gasteiger partial charge in [-0.25, -0.2) is 0 Å². The maximum absolute atomic E-state index is 5.84. The summed E-state index contributed by atoms with van der Waals surface area (Å²) in [6, 6.07) is 7.87. The molecule has 82 valence electrons. The molecule has 0 saturated heterocycles. The molecule has 1 aromatic rings. The lowest BCUT2D eigenvalue weighted by atomic mass is 10.4. The number of benzene rings is 1. The highest BCUT2D eigenvalue weighted by atomic mass is 35.5. The minimum atomic E-state index is 0.774. The fourth-order valence-corrected chi connectivity index (χ4v) is 2.16. The monoisotopic (exact) mass is 243 g/mol. The van der Waals surface area contributed by atoms with Gasteiger partial charge in [0.05, 0.1) is 28.2 Å².